The van der Waals surface area contributed by atoms with E-state index in [4.69, 9.17) is 10.7 Å². The molecule has 4 N–H and O–H groups in total. The van der Waals surface area contributed by atoms with Crippen LogP contribution in [0.3, 0.4) is 0 Å². The normalized spacial score (nSPS) is 12.5. The third-order valence-electron chi connectivity index (χ3n) is 8.88. The molecule has 0 saturated heterocycles. The summed E-state index contributed by atoms with van der Waals surface area (Å²) in [5.74, 6) is 0.205. The van der Waals surface area contributed by atoms with Gasteiger partial charge in [-0.15, -0.1) is 0 Å². The van der Waals surface area contributed by atoms with E-state index >= 15 is 0 Å². The fourth-order valence-electron chi connectivity index (χ4n) is 6.21. The van der Waals surface area contributed by atoms with Gasteiger partial charge in [-0.25, -0.2) is 9.78 Å². The van der Waals surface area contributed by atoms with Crippen LogP contribution >= 0.6 is 11.8 Å². The molecule has 0 fully saturated rings. The summed E-state index contributed by atoms with van der Waals surface area (Å²) >= 11 is 1.20. The number of carboxylic acid groups (broad SMARTS) is 1. The zero-order valence-electron chi connectivity index (χ0n) is 29.0. The van der Waals surface area contributed by atoms with Crippen LogP contribution in [0.1, 0.15) is 82.8 Å². The molecule has 0 saturated carbocycles. The van der Waals surface area contributed by atoms with Crippen molar-refractivity contribution in [2.45, 2.75) is 77.9 Å². The molecule has 1 heterocycles. The van der Waals surface area contributed by atoms with Crippen molar-refractivity contribution < 1.29 is 19.5 Å². The molecule has 0 radical (unpaired) electrons. The Hall–Kier alpha value is -4.73. The van der Waals surface area contributed by atoms with Crippen LogP contribution in [0.15, 0.2) is 91.0 Å². The summed E-state index contributed by atoms with van der Waals surface area (Å²) in [7, 11) is 0. The van der Waals surface area contributed by atoms with Gasteiger partial charge in [0.2, 0.25) is 5.12 Å². The zero-order chi connectivity index (χ0) is 35.6. The Morgan fingerprint density at radius 1 is 0.920 bits per heavy atom. The molecular weight excluding hydrogens is 645 g/mol. The molecule has 0 unspecified atom stereocenters. The zero-order valence-corrected chi connectivity index (χ0v) is 29.8. The van der Waals surface area contributed by atoms with Crippen LogP contribution in [0.4, 0.5) is 0 Å². The maximum atomic E-state index is 13.9. The highest BCUT2D eigenvalue weighted by atomic mass is 32.2. The van der Waals surface area contributed by atoms with Crippen LogP contribution in [0.5, 0.6) is 0 Å². The largest absolute Gasteiger partial charge is 0.478 e. The third kappa shape index (κ3) is 9.08. The predicted molar refractivity (Wildman–Crippen MR) is 203 cm³/mol. The fraction of sp³-hybridized carbons (Fsp3) is 0.317. The van der Waals surface area contributed by atoms with Gasteiger partial charge in [0.15, 0.2) is 0 Å². The molecule has 1 amide bonds. The number of nitrogens with one attached hydrogen (secondary N) is 1. The summed E-state index contributed by atoms with van der Waals surface area (Å²) < 4.78 is 2.18. The number of fused-ring (bicyclic) bond motifs is 1. The number of hydrogen-bond donors (Lipinski definition) is 3. The average molecular weight is 691 g/mol. The minimum atomic E-state index is -0.959. The van der Waals surface area contributed by atoms with Gasteiger partial charge < -0.3 is 20.7 Å². The monoisotopic (exact) mass is 690 g/mol. The number of unbranched alkanes of at least 4 members (excludes halogenated alkanes) is 1. The molecule has 0 bridgehead atoms. The van der Waals surface area contributed by atoms with E-state index in [0.717, 1.165) is 64.8 Å². The van der Waals surface area contributed by atoms with Crippen molar-refractivity contribution in [3.63, 3.8) is 0 Å². The van der Waals surface area contributed by atoms with Crippen LogP contribution in [-0.2, 0) is 24.2 Å². The molecule has 0 aliphatic carbocycles. The number of nitrogens with zero attached hydrogens (tertiary/aromatic N) is 2. The number of amides is 1. The first-order valence-corrected chi connectivity index (χ1v) is 18.3. The Bertz CT molecular complexity index is 1940. The van der Waals surface area contributed by atoms with Crippen molar-refractivity contribution in [2.24, 2.45) is 5.73 Å². The lowest BCUT2D eigenvalue weighted by atomic mass is 9.98. The van der Waals surface area contributed by atoms with E-state index in [0.29, 0.717) is 36.3 Å². The van der Waals surface area contributed by atoms with E-state index in [9.17, 15) is 19.5 Å². The average Bonchev–Trinajstić information content (AvgIpc) is 3.47. The van der Waals surface area contributed by atoms with Crippen molar-refractivity contribution >= 4 is 39.8 Å². The molecular formula is C41H46N4O4S. The summed E-state index contributed by atoms with van der Waals surface area (Å²) in [6, 6.07) is 27.9. The number of benzene rings is 4. The number of nitrogens with two attached hydrogens (primary N) is 1. The van der Waals surface area contributed by atoms with E-state index < -0.39 is 12.0 Å². The van der Waals surface area contributed by atoms with Gasteiger partial charge in [-0.3, -0.25) is 9.59 Å². The molecule has 50 heavy (non-hydrogen) atoms. The van der Waals surface area contributed by atoms with Crippen molar-refractivity contribution in [3.8, 4) is 11.1 Å². The molecule has 2 atom stereocenters. The van der Waals surface area contributed by atoms with Gasteiger partial charge in [0, 0.05) is 30.3 Å². The number of carboxylic acids is 1. The van der Waals surface area contributed by atoms with Gasteiger partial charge in [0.1, 0.15) is 5.82 Å². The number of imidazole rings is 1. The lowest BCUT2D eigenvalue weighted by molar-refractivity contribution is -0.112. The Morgan fingerprint density at radius 3 is 2.34 bits per heavy atom. The maximum Gasteiger partial charge on any atom is 0.336 e. The molecule has 1 aromatic heterocycles. The van der Waals surface area contributed by atoms with E-state index in [2.05, 4.69) is 23.7 Å². The maximum absolute atomic E-state index is 13.9. The number of hydrogen-bond acceptors (Lipinski definition) is 6. The van der Waals surface area contributed by atoms with Gasteiger partial charge in [-0.1, -0.05) is 111 Å². The summed E-state index contributed by atoms with van der Waals surface area (Å²) in [4.78, 5) is 43.5. The quantitative estimate of drug-likeness (QED) is 0.0963. The van der Waals surface area contributed by atoms with E-state index in [1.165, 1.54) is 11.8 Å². The molecule has 260 valence electrons. The lowest BCUT2D eigenvalue weighted by Gasteiger charge is -2.20. The highest BCUT2D eigenvalue weighted by Crippen LogP contribution is 2.27. The van der Waals surface area contributed by atoms with Crippen LogP contribution in [0.2, 0.25) is 0 Å². The molecule has 9 heteroatoms. The summed E-state index contributed by atoms with van der Waals surface area (Å²) in [5, 5.41) is 12.8. The summed E-state index contributed by atoms with van der Waals surface area (Å²) in [5.41, 5.74) is 13.2. The molecule has 8 nitrogen and oxygen atoms in total. The second kappa shape index (κ2) is 17.3. The first-order valence-electron chi connectivity index (χ1n) is 17.4. The van der Waals surface area contributed by atoms with Gasteiger partial charge in [-0.2, -0.15) is 0 Å². The standard InChI is InChI=1S/C41H46N4O4S/c1-4-6-17-35(42)41(49)50-26-32(23-28-13-8-7-9-14-28)43-39(46)31-22-27(3)38-36(24-31)45(37(44-38)12-5-2)25-29-18-20-30(21-19-29)33-15-10-11-16-34(33)40(47)48/h7-11,13-16,18-22,24,32,35H,4-6,12,17,23,25-26,42H2,1-3H3,(H,43,46)(H,47,48)/t32-,35+/m1/s1. The van der Waals surface area contributed by atoms with Gasteiger partial charge in [-0.05, 0) is 72.2 Å². The number of thioether (sulfide) groups is 1. The second-order valence-corrected chi connectivity index (χ2v) is 13.8. The van der Waals surface area contributed by atoms with Gasteiger partial charge in [0.25, 0.3) is 5.91 Å². The molecule has 5 aromatic rings. The smallest absolute Gasteiger partial charge is 0.336 e. The highest BCUT2D eigenvalue weighted by Gasteiger charge is 2.22. The number of aromatic nitrogens is 2. The number of aromatic carboxylic acids is 1. The van der Waals surface area contributed by atoms with Crippen LogP contribution in [0, 0.1) is 6.92 Å². The van der Waals surface area contributed by atoms with Gasteiger partial charge >= 0.3 is 5.97 Å². The third-order valence-corrected chi connectivity index (χ3v) is 10.0. The van der Waals surface area contributed by atoms with E-state index in [-0.39, 0.29) is 22.6 Å². The minimum Gasteiger partial charge on any atom is -0.478 e. The number of rotatable bonds is 16. The Morgan fingerprint density at radius 2 is 1.64 bits per heavy atom. The van der Waals surface area contributed by atoms with Crippen molar-refractivity contribution in [1.82, 2.24) is 14.9 Å². The number of carbonyl (C=O) groups excluding carboxylic acids is 2. The predicted octanol–water partition coefficient (Wildman–Crippen LogP) is 7.83. The van der Waals surface area contributed by atoms with E-state index in [1.54, 1.807) is 12.1 Å². The Labute approximate surface area is 298 Å². The van der Waals surface area contributed by atoms with Crippen molar-refractivity contribution in [1.29, 1.82) is 0 Å². The molecule has 0 spiro atoms. The van der Waals surface area contributed by atoms with E-state index in [1.807, 2.05) is 85.8 Å². The Balaban J connectivity index is 1.41. The summed E-state index contributed by atoms with van der Waals surface area (Å²) in [6.45, 7) is 6.73. The topological polar surface area (TPSA) is 127 Å². The highest BCUT2D eigenvalue weighted by molar-refractivity contribution is 8.13. The van der Waals surface area contributed by atoms with Crippen LogP contribution < -0.4 is 11.1 Å². The lowest BCUT2D eigenvalue weighted by Crippen LogP contribution is -2.39. The first kappa shape index (κ1) is 36.5. The Kier molecular flexibility index (Phi) is 12.6. The molecule has 0 aliphatic heterocycles. The van der Waals surface area contributed by atoms with Crippen molar-refractivity contribution in [3.05, 3.63) is 125 Å². The van der Waals surface area contributed by atoms with Crippen LogP contribution in [0.25, 0.3) is 22.2 Å². The second-order valence-electron chi connectivity index (χ2n) is 12.8. The summed E-state index contributed by atoms with van der Waals surface area (Å²) in [6.07, 6.45) is 4.84. The minimum absolute atomic E-state index is 0.0468. The number of aryl methyl sites for hydroxylation is 2. The molecule has 5 rings (SSSR count). The SMILES string of the molecule is CCCC[C@H](N)C(=O)SC[C@@H](Cc1ccccc1)NC(=O)c1cc(C)c2nc(CCC)n(Cc3ccc(-c4ccccc4C(=O)O)cc3)c2c1. The molecule has 0 aliphatic rings. The first-order chi connectivity index (χ1) is 24.2. The van der Waals surface area contributed by atoms with Crippen molar-refractivity contribution in [2.75, 3.05) is 5.75 Å². The van der Waals surface area contributed by atoms with Crippen LogP contribution in [-0.4, -0.2) is 49.5 Å². The number of carbonyl (C=O) groups is 3. The van der Waals surface area contributed by atoms with Gasteiger partial charge in [0.05, 0.1) is 22.6 Å². The molecule has 4 aromatic carbocycles. The fourth-order valence-corrected chi connectivity index (χ4v) is 7.11.